The molecular formula is C11H13NS. The van der Waals surface area contributed by atoms with Crippen LogP contribution in [0.3, 0.4) is 0 Å². The normalized spacial score (nSPS) is 11.3. The van der Waals surface area contributed by atoms with Gasteiger partial charge >= 0.3 is 0 Å². The Kier molecular flexibility index (Phi) is 2.32. The summed E-state index contributed by atoms with van der Waals surface area (Å²) in [5.74, 6) is 0.701. The van der Waals surface area contributed by atoms with Gasteiger partial charge in [-0.05, 0) is 24.0 Å². The maximum absolute atomic E-state index is 4.39. The van der Waals surface area contributed by atoms with Gasteiger partial charge in [-0.15, -0.1) is 11.3 Å². The molecular weight excluding hydrogens is 178 g/mol. The molecule has 1 nitrogen and oxygen atoms in total. The smallest absolute Gasteiger partial charge is 0.0844 e. The Morgan fingerprint density at radius 2 is 2.23 bits per heavy atom. The summed E-state index contributed by atoms with van der Waals surface area (Å²) in [6.45, 7) is 4.48. The summed E-state index contributed by atoms with van der Waals surface area (Å²) in [4.78, 5) is 4.39. The zero-order chi connectivity index (χ0) is 9.26. The Hall–Kier alpha value is -0.890. The summed E-state index contributed by atoms with van der Waals surface area (Å²) in [5.41, 5.74) is 4.50. The van der Waals surface area contributed by atoms with Gasteiger partial charge in [-0.2, -0.15) is 0 Å². The summed E-state index contributed by atoms with van der Waals surface area (Å²) in [6, 6.07) is 6.44. The highest BCUT2D eigenvalue weighted by atomic mass is 32.1. The van der Waals surface area contributed by atoms with Crippen molar-refractivity contribution in [3.63, 3.8) is 0 Å². The Labute approximate surface area is 82.4 Å². The first-order valence-electron chi connectivity index (χ1n) is 4.58. The molecule has 68 valence electrons. The summed E-state index contributed by atoms with van der Waals surface area (Å²) < 4.78 is 1.30. The standard InChI is InChI=1S/C11H13NS/c1-8(2)6-9-4-3-5-10-11(9)12-7-13-10/h3-5,7-8H,6H2,1-2H3. The molecule has 2 rings (SSSR count). The molecule has 0 fully saturated rings. The number of hydrogen-bond acceptors (Lipinski definition) is 2. The molecule has 0 atom stereocenters. The van der Waals surface area contributed by atoms with Crippen LogP contribution in [0.1, 0.15) is 19.4 Å². The van der Waals surface area contributed by atoms with Crippen LogP contribution in [0.5, 0.6) is 0 Å². The zero-order valence-corrected chi connectivity index (χ0v) is 8.77. The molecule has 0 aliphatic carbocycles. The number of thiazole rings is 1. The van der Waals surface area contributed by atoms with Gasteiger partial charge in [0.25, 0.3) is 0 Å². The van der Waals surface area contributed by atoms with Gasteiger partial charge in [0.2, 0.25) is 0 Å². The molecule has 2 heteroatoms. The van der Waals surface area contributed by atoms with Crippen molar-refractivity contribution < 1.29 is 0 Å². The van der Waals surface area contributed by atoms with Crippen molar-refractivity contribution in [2.45, 2.75) is 20.3 Å². The van der Waals surface area contributed by atoms with E-state index in [1.165, 1.54) is 15.8 Å². The Morgan fingerprint density at radius 3 is 3.00 bits per heavy atom. The van der Waals surface area contributed by atoms with E-state index in [9.17, 15) is 0 Å². The third-order valence-electron chi connectivity index (χ3n) is 2.07. The van der Waals surface area contributed by atoms with Gasteiger partial charge in [-0.1, -0.05) is 26.0 Å². The lowest BCUT2D eigenvalue weighted by Gasteiger charge is -2.04. The van der Waals surface area contributed by atoms with Crippen molar-refractivity contribution in [3.8, 4) is 0 Å². The second kappa shape index (κ2) is 3.46. The number of hydrogen-bond donors (Lipinski definition) is 0. The topological polar surface area (TPSA) is 12.9 Å². The van der Waals surface area contributed by atoms with Crippen molar-refractivity contribution >= 4 is 21.6 Å². The molecule has 1 heterocycles. The zero-order valence-electron chi connectivity index (χ0n) is 7.95. The Bertz CT molecular complexity index is 403. The first-order chi connectivity index (χ1) is 6.27. The minimum atomic E-state index is 0.701. The molecule has 2 aromatic rings. The van der Waals surface area contributed by atoms with Crippen LogP contribution in [-0.4, -0.2) is 4.98 Å². The van der Waals surface area contributed by atoms with E-state index in [4.69, 9.17) is 0 Å². The third kappa shape index (κ3) is 1.73. The number of nitrogens with zero attached hydrogens (tertiary/aromatic N) is 1. The minimum absolute atomic E-state index is 0.701. The SMILES string of the molecule is CC(C)Cc1cccc2scnc12. The van der Waals surface area contributed by atoms with E-state index < -0.39 is 0 Å². The fourth-order valence-corrected chi connectivity index (χ4v) is 2.27. The fraction of sp³-hybridized carbons (Fsp3) is 0.364. The van der Waals surface area contributed by atoms with Crippen LogP contribution in [0.15, 0.2) is 23.7 Å². The van der Waals surface area contributed by atoms with Gasteiger partial charge in [0.15, 0.2) is 0 Å². The quantitative estimate of drug-likeness (QED) is 0.708. The van der Waals surface area contributed by atoms with Gasteiger partial charge in [-0.25, -0.2) is 4.98 Å². The molecule has 0 saturated heterocycles. The molecule has 0 unspecified atom stereocenters. The Balaban J connectivity index is 2.48. The lowest BCUT2D eigenvalue weighted by molar-refractivity contribution is 0.649. The van der Waals surface area contributed by atoms with E-state index in [1.54, 1.807) is 11.3 Å². The van der Waals surface area contributed by atoms with E-state index in [2.05, 4.69) is 37.0 Å². The van der Waals surface area contributed by atoms with Crippen LogP contribution in [0.4, 0.5) is 0 Å². The number of fused-ring (bicyclic) bond motifs is 1. The number of benzene rings is 1. The van der Waals surface area contributed by atoms with E-state index in [0.29, 0.717) is 5.92 Å². The monoisotopic (exact) mass is 191 g/mol. The van der Waals surface area contributed by atoms with E-state index in [1.807, 2.05) is 5.51 Å². The second-order valence-corrected chi connectivity index (χ2v) is 4.60. The van der Waals surface area contributed by atoms with Gasteiger partial charge in [0.1, 0.15) is 0 Å². The van der Waals surface area contributed by atoms with Crippen molar-refractivity contribution in [1.29, 1.82) is 0 Å². The molecule has 0 amide bonds. The average molecular weight is 191 g/mol. The molecule has 0 radical (unpaired) electrons. The summed E-state index contributed by atoms with van der Waals surface area (Å²) in [7, 11) is 0. The van der Waals surface area contributed by atoms with Crippen LogP contribution in [0.25, 0.3) is 10.2 Å². The lowest BCUT2D eigenvalue weighted by atomic mass is 10.0. The minimum Gasteiger partial charge on any atom is -0.244 e. The van der Waals surface area contributed by atoms with Crippen molar-refractivity contribution in [2.75, 3.05) is 0 Å². The van der Waals surface area contributed by atoms with Crippen LogP contribution < -0.4 is 0 Å². The van der Waals surface area contributed by atoms with Crippen LogP contribution in [-0.2, 0) is 6.42 Å². The van der Waals surface area contributed by atoms with Crippen LogP contribution in [0, 0.1) is 5.92 Å². The van der Waals surface area contributed by atoms with Gasteiger partial charge in [-0.3, -0.25) is 0 Å². The maximum Gasteiger partial charge on any atom is 0.0844 e. The molecule has 0 spiro atoms. The third-order valence-corrected chi connectivity index (χ3v) is 2.87. The highest BCUT2D eigenvalue weighted by Gasteiger charge is 2.04. The van der Waals surface area contributed by atoms with Crippen molar-refractivity contribution in [2.24, 2.45) is 5.92 Å². The molecule has 1 aromatic heterocycles. The molecule has 0 bridgehead atoms. The summed E-state index contributed by atoms with van der Waals surface area (Å²) >= 11 is 1.72. The van der Waals surface area contributed by atoms with Gasteiger partial charge in [0.05, 0.1) is 15.7 Å². The van der Waals surface area contributed by atoms with Gasteiger partial charge in [0, 0.05) is 0 Å². The molecule has 0 aliphatic heterocycles. The lowest BCUT2D eigenvalue weighted by Crippen LogP contribution is -1.94. The van der Waals surface area contributed by atoms with Crippen molar-refractivity contribution in [1.82, 2.24) is 4.98 Å². The second-order valence-electron chi connectivity index (χ2n) is 3.71. The predicted molar refractivity (Wildman–Crippen MR) is 58.2 cm³/mol. The molecule has 0 aliphatic rings. The highest BCUT2D eigenvalue weighted by Crippen LogP contribution is 2.22. The molecule has 1 aromatic carbocycles. The Morgan fingerprint density at radius 1 is 1.38 bits per heavy atom. The first-order valence-corrected chi connectivity index (χ1v) is 5.46. The maximum atomic E-state index is 4.39. The number of aromatic nitrogens is 1. The van der Waals surface area contributed by atoms with Crippen LogP contribution >= 0.6 is 11.3 Å². The average Bonchev–Trinajstić information content (AvgIpc) is 2.51. The van der Waals surface area contributed by atoms with E-state index in [0.717, 1.165) is 6.42 Å². The fourth-order valence-electron chi connectivity index (χ4n) is 1.55. The number of rotatable bonds is 2. The first kappa shape index (κ1) is 8.70. The van der Waals surface area contributed by atoms with E-state index >= 15 is 0 Å². The van der Waals surface area contributed by atoms with Crippen LogP contribution in [0.2, 0.25) is 0 Å². The summed E-state index contributed by atoms with van der Waals surface area (Å²) in [6.07, 6.45) is 1.13. The molecule has 13 heavy (non-hydrogen) atoms. The highest BCUT2D eigenvalue weighted by molar-refractivity contribution is 7.16. The number of para-hydroxylation sites is 1. The molecule has 0 saturated carbocycles. The predicted octanol–water partition coefficient (Wildman–Crippen LogP) is 3.49. The van der Waals surface area contributed by atoms with E-state index in [-0.39, 0.29) is 0 Å². The largest absolute Gasteiger partial charge is 0.244 e. The van der Waals surface area contributed by atoms with Crippen molar-refractivity contribution in [3.05, 3.63) is 29.3 Å². The van der Waals surface area contributed by atoms with Gasteiger partial charge < -0.3 is 0 Å². The summed E-state index contributed by atoms with van der Waals surface area (Å²) in [5, 5.41) is 0. The molecule has 0 N–H and O–H groups in total.